The van der Waals surface area contributed by atoms with Crippen LogP contribution in [0.5, 0.6) is 0 Å². The molecule has 0 aliphatic heterocycles. The predicted molar refractivity (Wildman–Crippen MR) is 81.7 cm³/mol. The summed E-state index contributed by atoms with van der Waals surface area (Å²) in [5, 5.41) is 11.7. The van der Waals surface area contributed by atoms with Crippen LogP contribution in [-0.4, -0.2) is 24.2 Å². The first-order chi connectivity index (χ1) is 9.70. The van der Waals surface area contributed by atoms with Gasteiger partial charge >= 0.3 is 0 Å². The fourth-order valence-electron chi connectivity index (χ4n) is 2.66. The summed E-state index contributed by atoms with van der Waals surface area (Å²) in [7, 11) is 0. The Morgan fingerprint density at radius 1 is 1.45 bits per heavy atom. The number of carbonyl (C=O) groups excluding carboxylic acids is 1. The molecule has 4 heteroatoms. The molecule has 0 spiro atoms. The molecular formula is C16H21NO2S. The Labute approximate surface area is 124 Å². The van der Waals surface area contributed by atoms with E-state index in [2.05, 4.69) is 24.1 Å². The van der Waals surface area contributed by atoms with Crippen molar-refractivity contribution in [1.82, 2.24) is 5.32 Å². The third-order valence-corrected chi connectivity index (χ3v) is 4.93. The average Bonchev–Trinajstić information content (AvgIpc) is 2.93. The van der Waals surface area contributed by atoms with Crippen LogP contribution in [0.25, 0.3) is 0 Å². The van der Waals surface area contributed by atoms with Crippen molar-refractivity contribution in [2.24, 2.45) is 11.8 Å². The summed E-state index contributed by atoms with van der Waals surface area (Å²) in [5.74, 6) is 6.72. The van der Waals surface area contributed by atoms with Crippen LogP contribution in [0, 0.1) is 23.7 Å². The summed E-state index contributed by atoms with van der Waals surface area (Å²) in [4.78, 5) is 13.6. The van der Waals surface area contributed by atoms with Gasteiger partial charge in [0.25, 0.3) is 5.91 Å². The normalized spacial score (nSPS) is 21.9. The molecule has 1 aliphatic rings. The van der Waals surface area contributed by atoms with Crippen molar-refractivity contribution >= 4 is 17.2 Å². The number of thiophene rings is 1. The van der Waals surface area contributed by atoms with Crippen LogP contribution >= 0.6 is 11.3 Å². The molecule has 0 aromatic carbocycles. The van der Waals surface area contributed by atoms with E-state index in [4.69, 9.17) is 5.11 Å². The molecule has 20 heavy (non-hydrogen) atoms. The largest absolute Gasteiger partial charge is 0.384 e. The van der Waals surface area contributed by atoms with Gasteiger partial charge in [-0.15, -0.1) is 11.3 Å². The van der Waals surface area contributed by atoms with Crippen LogP contribution < -0.4 is 5.32 Å². The lowest BCUT2D eigenvalue weighted by molar-refractivity contribution is 0.0940. The maximum absolute atomic E-state index is 12.1. The Balaban J connectivity index is 1.86. The number of amides is 1. The summed E-state index contributed by atoms with van der Waals surface area (Å²) in [6.45, 7) is 2.90. The van der Waals surface area contributed by atoms with E-state index in [1.807, 2.05) is 6.07 Å². The molecule has 2 atom stereocenters. The van der Waals surface area contributed by atoms with Crippen molar-refractivity contribution in [3.05, 3.63) is 21.9 Å². The lowest BCUT2D eigenvalue weighted by atomic mass is 9.80. The molecule has 1 aromatic heterocycles. The van der Waals surface area contributed by atoms with Crippen LogP contribution in [-0.2, 0) is 0 Å². The SMILES string of the molecule is CC1CCCCC1CNC(=O)c1ccc(C#CCO)s1. The molecule has 1 heterocycles. The van der Waals surface area contributed by atoms with E-state index in [9.17, 15) is 4.79 Å². The fraction of sp³-hybridized carbons (Fsp3) is 0.562. The quantitative estimate of drug-likeness (QED) is 0.841. The first-order valence-electron chi connectivity index (χ1n) is 7.18. The van der Waals surface area contributed by atoms with Gasteiger partial charge in [0.15, 0.2) is 0 Å². The third kappa shape index (κ3) is 4.09. The van der Waals surface area contributed by atoms with Crippen molar-refractivity contribution in [3.63, 3.8) is 0 Å². The van der Waals surface area contributed by atoms with Gasteiger partial charge in [0, 0.05) is 6.54 Å². The topological polar surface area (TPSA) is 49.3 Å². The van der Waals surface area contributed by atoms with Crippen molar-refractivity contribution in [2.75, 3.05) is 13.2 Å². The molecule has 0 bridgehead atoms. The molecule has 0 saturated heterocycles. The second-order valence-corrected chi connectivity index (χ2v) is 6.44. The monoisotopic (exact) mass is 291 g/mol. The van der Waals surface area contributed by atoms with Crippen molar-refractivity contribution in [3.8, 4) is 11.8 Å². The molecule has 2 unspecified atom stereocenters. The van der Waals surface area contributed by atoms with E-state index in [0.29, 0.717) is 16.7 Å². The minimum absolute atomic E-state index is 0.00942. The maximum atomic E-state index is 12.1. The van der Waals surface area contributed by atoms with Crippen LogP contribution in [0.2, 0.25) is 0 Å². The Morgan fingerprint density at radius 2 is 2.25 bits per heavy atom. The smallest absolute Gasteiger partial charge is 0.261 e. The summed E-state index contributed by atoms with van der Waals surface area (Å²) >= 11 is 1.37. The van der Waals surface area contributed by atoms with Crippen LogP contribution in [0.1, 0.15) is 47.2 Å². The predicted octanol–water partition coefficient (Wildman–Crippen LogP) is 2.65. The van der Waals surface area contributed by atoms with Crippen LogP contribution in [0.4, 0.5) is 0 Å². The summed E-state index contributed by atoms with van der Waals surface area (Å²) < 4.78 is 0. The molecule has 3 nitrogen and oxygen atoms in total. The standard InChI is InChI=1S/C16H21NO2S/c1-12-5-2-3-6-13(12)11-17-16(19)15-9-8-14(20-15)7-4-10-18/h8-9,12-13,18H,2-3,5-6,10-11H2,1H3,(H,17,19). The molecule has 0 radical (unpaired) electrons. The van der Waals surface area contributed by atoms with Gasteiger partial charge in [-0.1, -0.05) is 38.0 Å². The molecule has 108 valence electrons. The first kappa shape index (κ1) is 15.1. The number of carbonyl (C=O) groups is 1. The Kier molecular flexibility index (Phi) is 5.63. The van der Waals surface area contributed by atoms with Crippen molar-refractivity contribution in [1.29, 1.82) is 0 Å². The number of nitrogens with one attached hydrogen (secondary N) is 1. The Hall–Kier alpha value is -1.31. The summed E-state index contributed by atoms with van der Waals surface area (Å²) in [6.07, 6.45) is 5.10. The number of rotatable bonds is 3. The zero-order valence-electron chi connectivity index (χ0n) is 11.8. The maximum Gasteiger partial charge on any atom is 0.261 e. The highest BCUT2D eigenvalue weighted by molar-refractivity contribution is 7.14. The number of aliphatic hydroxyl groups excluding tert-OH is 1. The third-order valence-electron chi connectivity index (χ3n) is 3.93. The summed E-state index contributed by atoms with van der Waals surface area (Å²) in [6, 6.07) is 3.62. The Morgan fingerprint density at radius 3 is 3.00 bits per heavy atom. The first-order valence-corrected chi connectivity index (χ1v) is 8.00. The van der Waals surface area contributed by atoms with E-state index < -0.39 is 0 Å². The number of hydrogen-bond donors (Lipinski definition) is 2. The van der Waals surface area contributed by atoms with Gasteiger partial charge in [-0.2, -0.15) is 0 Å². The van der Waals surface area contributed by atoms with Crippen molar-refractivity contribution < 1.29 is 9.90 Å². The van der Waals surface area contributed by atoms with Crippen LogP contribution in [0.15, 0.2) is 12.1 Å². The second kappa shape index (κ2) is 7.47. The number of aliphatic hydroxyl groups is 1. The molecule has 1 fully saturated rings. The molecule has 2 rings (SSSR count). The molecular weight excluding hydrogens is 270 g/mol. The molecule has 2 N–H and O–H groups in total. The highest BCUT2D eigenvalue weighted by Crippen LogP contribution is 2.29. The minimum Gasteiger partial charge on any atom is -0.384 e. The van der Waals surface area contributed by atoms with Crippen molar-refractivity contribution in [2.45, 2.75) is 32.6 Å². The van der Waals surface area contributed by atoms with E-state index in [0.717, 1.165) is 11.4 Å². The lowest BCUT2D eigenvalue weighted by Gasteiger charge is -2.28. The van der Waals surface area contributed by atoms with Gasteiger partial charge in [0.2, 0.25) is 0 Å². The highest BCUT2D eigenvalue weighted by Gasteiger charge is 2.22. The van der Waals surface area contributed by atoms with Gasteiger partial charge in [0.1, 0.15) is 6.61 Å². The molecule has 1 saturated carbocycles. The number of hydrogen-bond acceptors (Lipinski definition) is 3. The average molecular weight is 291 g/mol. The zero-order valence-corrected chi connectivity index (χ0v) is 12.6. The zero-order chi connectivity index (χ0) is 14.4. The van der Waals surface area contributed by atoms with Crippen LogP contribution in [0.3, 0.4) is 0 Å². The fourth-order valence-corrected chi connectivity index (χ4v) is 3.46. The highest BCUT2D eigenvalue weighted by atomic mass is 32.1. The minimum atomic E-state index is -0.154. The van der Waals surface area contributed by atoms with E-state index in [-0.39, 0.29) is 12.5 Å². The Bertz CT molecular complexity index is 512. The van der Waals surface area contributed by atoms with E-state index in [1.54, 1.807) is 6.07 Å². The summed E-state index contributed by atoms with van der Waals surface area (Å²) in [5.41, 5.74) is 0. The molecule has 1 amide bonds. The second-order valence-electron chi connectivity index (χ2n) is 5.36. The van der Waals surface area contributed by atoms with Gasteiger partial charge < -0.3 is 10.4 Å². The lowest BCUT2D eigenvalue weighted by Crippen LogP contribution is -2.33. The molecule has 1 aromatic rings. The van der Waals surface area contributed by atoms with E-state index in [1.165, 1.54) is 37.0 Å². The van der Waals surface area contributed by atoms with Gasteiger partial charge in [-0.05, 0) is 30.4 Å². The molecule has 1 aliphatic carbocycles. The van der Waals surface area contributed by atoms with Gasteiger partial charge in [0.05, 0.1) is 9.75 Å². The van der Waals surface area contributed by atoms with E-state index >= 15 is 0 Å². The van der Waals surface area contributed by atoms with Gasteiger partial charge in [-0.25, -0.2) is 0 Å². The van der Waals surface area contributed by atoms with Gasteiger partial charge in [-0.3, -0.25) is 4.79 Å².